The molecule has 3 aromatic rings. The molecule has 0 bridgehead atoms. The molecule has 1 fully saturated rings. The van der Waals surface area contributed by atoms with Gasteiger partial charge < -0.3 is 30.0 Å². The average molecular weight is 723 g/mol. The number of aromatic nitrogens is 1. The van der Waals surface area contributed by atoms with Crippen molar-refractivity contribution in [1.82, 2.24) is 24.4 Å². The summed E-state index contributed by atoms with van der Waals surface area (Å²) in [4.78, 5) is 4.97. The fourth-order valence-electron chi connectivity index (χ4n) is 7.52. The molecule has 4 N–H and O–H groups in total. The Morgan fingerprint density at radius 3 is 2.48 bits per heavy atom. The van der Waals surface area contributed by atoms with E-state index < -0.39 is 11.4 Å². The topological polar surface area (TPSA) is 84.5 Å². The van der Waals surface area contributed by atoms with Gasteiger partial charge in [0.05, 0.1) is 33.7 Å². The molecule has 1 saturated heterocycles. The zero-order valence-corrected chi connectivity index (χ0v) is 32.5. The predicted molar refractivity (Wildman–Crippen MR) is 214 cm³/mol. The quantitative estimate of drug-likeness (QED) is 0.166. The van der Waals surface area contributed by atoms with Gasteiger partial charge in [-0.25, -0.2) is 9.11 Å². The van der Waals surface area contributed by atoms with E-state index in [2.05, 4.69) is 108 Å². The first-order valence-electron chi connectivity index (χ1n) is 18.6. The van der Waals surface area contributed by atoms with Crippen molar-refractivity contribution in [3.63, 3.8) is 0 Å². The Labute approximate surface area is 313 Å². The Kier molecular flexibility index (Phi) is 11.7. The maximum atomic E-state index is 14.0. The van der Waals surface area contributed by atoms with Crippen LogP contribution in [0.1, 0.15) is 56.4 Å². The lowest BCUT2D eigenvalue weighted by Gasteiger charge is -2.36. The lowest BCUT2D eigenvalue weighted by atomic mass is 9.83. The minimum atomic E-state index is -1.28. The van der Waals surface area contributed by atoms with Crippen molar-refractivity contribution < 1.29 is 8.94 Å². The van der Waals surface area contributed by atoms with Gasteiger partial charge in [0, 0.05) is 62.2 Å². The van der Waals surface area contributed by atoms with Crippen LogP contribution in [0.3, 0.4) is 0 Å². The summed E-state index contributed by atoms with van der Waals surface area (Å²) in [6, 6.07) is 15.4. The Morgan fingerprint density at radius 1 is 1.06 bits per heavy atom. The fraction of sp³-hybridized carbons (Fsp3) is 0.442. The molecule has 0 amide bonds. The molecule has 3 aliphatic rings. The zero-order valence-electron chi connectivity index (χ0n) is 31.7. The van der Waals surface area contributed by atoms with Gasteiger partial charge in [0.25, 0.3) is 0 Å². The molecule has 7 nitrogen and oxygen atoms in total. The SMILES string of the molecule is CN[C@@]1(C)CCC([S+]([O-])NC2=CCC(C)(C#Cc3cccc(-c4c(CCCN5CCN(C)CC5)c(C)n(C)c4-c4ccc(F)cc4)c3)C=C2)C=C1N. The van der Waals surface area contributed by atoms with E-state index in [1.807, 2.05) is 31.3 Å². The van der Waals surface area contributed by atoms with Gasteiger partial charge in [-0.2, -0.15) is 0 Å². The minimum absolute atomic E-state index is 0.134. The second-order valence-electron chi connectivity index (χ2n) is 15.2. The second-order valence-corrected chi connectivity index (χ2v) is 16.6. The number of likely N-dealkylation sites (N-methyl/N-ethyl adjacent to an activating group) is 2. The van der Waals surface area contributed by atoms with Crippen LogP contribution in [0.2, 0.25) is 0 Å². The lowest BCUT2D eigenvalue weighted by Crippen LogP contribution is -2.49. The molecule has 276 valence electrons. The molecule has 0 saturated carbocycles. The molecule has 52 heavy (non-hydrogen) atoms. The van der Waals surface area contributed by atoms with Crippen LogP contribution in [0.5, 0.6) is 0 Å². The maximum Gasteiger partial charge on any atom is 0.161 e. The molecule has 3 unspecified atom stereocenters. The summed E-state index contributed by atoms with van der Waals surface area (Å²) in [5.41, 5.74) is 15.3. The molecule has 2 heterocycles. The van der Waals surface area contributed by atoms with Crippen LogP contribution >= 0.6 is 0 Å². The maximum absolute atomic E-state index is 14.0. The summed E-state index contributed by atoms with van der Waals surface area (Å²) < 4.78 is 32.7. The molecule has 2 aromatic carbocycles. The number of hydrogen-bond acceptors (Lipinski definition) is 6. The van der Waals surface area contributed by atoms with Gasteiger partial charge in [-0.15, -0.1) is 0 Å². The summed E-state index contributed by atoms with van der Waals surface area (Å²) in [6.45, 7) is 12.0. The molecule has 4 atom stereocenters. The van der Waals surface area contributed by atoms with Gasteiger partial charge in [-0.3, -0.25) is 0 Å². The van der Waals surface area contributed by atoms with Crippen LogP contribution in [0.25, 0.3) is 22.4 Å². The first-order chi connectivity index (χ1) is 24.9. The highest BCUT2D eigenvalue weighted by Crippen LogP contribution is 2.40. The normalized spacial score (nSPS) is 24.5. The fourth-order valence-corrected chi connectivity index (χ4v) is 8.65. The van der Waals surface area contributed by atoms with Crippen LogP contribution < -0.4 is 15.8 Å². The van der Waals surface area contributed by atoms with Gasteiger partial charge in [0.15, 0.2) is 5.25 Å². The summed E-state index contributed by atoms with van der Waals surface area (Å²) in [5, 5.41) is 3.15. The Hall–Kier alpha value is -3.78. The van der Waals surface area contributed by atoms with E-state index in [1.165, 1.54) is 16.8 Å². The van der Waals surface area contributed by atoms with E-state index in [0.717, 1.165) is 92.2 Å². The monoisotopic (exact) mass is 722 g/mol. The molecule has 1 aliphatic heterocycles. The van der Waals surface area contributed by atoms with Crippen molar-refractivity contribution in [2.45, 2.75) is 63.7 Å². The zero-order chi connectivity index (χ0) is 37.0. The van der Waals surface area contributed by atoms with Gasteiger partial charge in [-0.05, 0) is 132 Å². The van der Waals surface area contributed by atoms with Gasteiger partial charge in [0.1, 0.15) is 5.82 Å². The predicted octanol–water partition coefficient (Wildman–Crippen LogP) is 6.42. The number of rotatable bonds is 10. The molecule has 6 rings (SSSR count). The van der Waals surface area contributed by atoms with Crippen LogP contribution in [0.15, 0.2) is 84.2 Å². The molecule has 0 spiro atoms. The van der Waals surface area contributed by atoms with E-state index in [0.29, 0.717) is 6.42 Å². The smallest absolute Gasteiger partial charge is 0.161 e. The number of hydrogen-bond donors (Lipinski definition) is 3. The number of allylic oxidation sites excluding steroid dienone is 3. The van der Waals surface area contributed by atoms with Gasteiger partial charge in [0.2, 0.25) is 0 Å². The van der Waals surface area contributed by atoms with Crippen molar-refractivity contribution in [1.29, 1.82) is 0 Å². The number of halogens is 1. The van der Waals surface area contributed by atoms with E-state index in [-0.39, 0.29) is 22.0 Å². The largest absolute Gasteiger partial charge is 0.593 e. The summed E-state index contributed by atoms with van der Waals surface area (Å²) in [7, 11) is 6.23. The first-order valence-corrected chi connectivity index (χ1v) is 19.8. The van der Waals surface area contributed by atoms with Crippen LogP contribution in [0, 0.1) is 30.0 Å². The highest BCUT2D eigenvalue weighted by molar-refractivity contribution is 7.90. The van der Waals surface area contributed by atoms with Crippen molar-refractivity contribution in [3.05, 3.63) is 107 Å². The van der Waals surface area contributed by atoms with Crippen LogP contribution in [0.4, 0.5) is 4.39 Å². The third-order valence-corrected chi connectivity index (χ3v) is 12.8. The summed E-state index contributed by atoms with van der Waals surface area (Å²) >= 11 is -1.28. The molecule has 2 aliphatic carbocycles. The molecule has 1 aromatic heterocycles. The van der Waals surface area contributed by atoms with Crippen molar-refractivity contribution in [2.75, 3.05) is 46.8 Å². The number of nitrogens with one attached hydrogen (secondary N) is 2. The van der Waals surface area contributed by atoms with Gasteiger partial charge >= 0.3 is 0 Å². The highest BCUT2D eigenvalue weighted by Gasteiger charge is 2.36. The number of piperazine rings is 1. The number of nitrogens with two attached hydrogens (primary N) is 1. The van der Waals surface area contributed by atoms with Crippen molar-refractivity contribution in [2.24, 2.45) is 18.2 Å². The Balaban J connectivity index is 1.20. The average Bonchev–Trinajstić information content (AvgIpc) is 3.39. The standard InChI is InChI=1S/C43H55FN6OS/c1-31-38(11-8-24-50-27-25-48(5)26-28-50)40(41(49(31)6)33-12-14-35(44)15-13-33)34-10-7-9-32(29-34)16-20-42(2)21-17-36(18-22-42)47-52(51)37-19-23-43(3,46-4)39(45)30-37/h7,9-10,12-15,17-18,21,29-30,37,46-47H,8,11,19,22-28,45H2,1-6H3/t37?,42?,43-,52?/m0/s1. The summed E-state index contributed by atoms with van der Waals surface area (Å²) in [5.74, 6) is 6.78. The summed E-state index contributed by atoms with van der Waals surface area (Å²) in [6.07, 6.45) is 12.5. The van der Waals surface area contributed by atoms with Crippen molar-refractivity contribution in [3.8, 4) is 34.2 Å². The second kappa shape index (κ2) is 16.1. The third kappa shape index (κ3) is 8.54. The molecule has 0 radical (unpaired) electrons. The molecular weight excluding hydrogens is 668 g/mol. The van der Waals surface area contributed by atoms with Crippen molar-refractivity contribution >= 4 is 11.4 Å². The minimum Gasteiger partial charge on any atom is -0.593 e. The van der Waals surface area contributed by atoms with E-state index in [4.69, 9.17) is 5.73 Å². The Morgan fingerprint density at radius 2 is 1.81 bits per heavy atom. The highest BCUT2D eigenvalue weighted by atomic mass is 32.2. The number of nitrogens with zero attached hydrogens (tertiary/aromatic N) is 3. The van der Waals surface area contributed by atoms with Gasteiger partial charge in [-0.1, -0.05) is 36.1 Å². The van der Waals surface area contributed by atoms with E-state index >= 15 is 0 Å². The van der Waals surface area contributed by atoms with E-state index in [1.54, 1.807) is 12.1 Å². The Bertz CT molecular complexity index is 1900. The molecule has 9 heteroatoms. The van der Waals surface area contributed by atoms with Crippen LogP contribution in [-0.2, 0) is 24.8 Å². The number of benzene rings is 2. The first kappa shape index (κ1) is 38.0. The lowest BCUT2D eigenvalue weighted by molar-refractivity contribution is 0.153. The third-order valence-electron chi connectivity index (χ3n) is 11.4. The van der Waals surface area contributed by atoms with Crippen LogP contribution in [-0.4, -0.2) is 76.5 Å². The molecular formula is C43H55FN6OS. The van der Waals surface area contributed by atoms with E-state index in [9.17, 15) is 8.94 Å².